The molecule has 0 bridgehead atoms. The Hall–Kier alpha value is -0.670. The molecule has 1 amide bonds. The molecule has 0 aromatic heterocycles. The summed E-state index contributed by atoms with van der Waals surface area (Å²) in [5.74, 6) is -5.26. The van der Waals surface area contributed by atoms with Crippen LogP contribution < -0.4 is 5.32 Å². The van der Waals surface area contributed by atoms with Crippen molar-refractivity contribution in [3.05, 3.63) is 0 Å². The minimum atomic E-state index is -2.80. The van der Waals surface area contributed by atoms with E-state index in [4.69, 9.17) is 0 Å². The Kier molecular flexibility index (Phi) is 2.13. The van der Waals surface area contributed by atoms with Gasteiger partial charge in [-0.25, -0.2) is 8.78 Å². The Morgan fingerprint density at radius 3 is 2.00 bits per heavy atom. The first-order valence-electron chi connectivity index (χ1n) is 4.36. The van der Waals surface area contributed by atoms with E-state index in [1.807, 2.05) is 0 Å². The van der Waals surface area contributed by atoms with Gasteiger partial charge in [0, 0.05) is 11.5 Å². The van der Waals surface area contributed by atoms with Crippen molar-refractivity contribution in [3.8, 4) is 0 Å². The third-order valence-corrected chi connectivity index (χ3v) is 2.19. The van der Waals surface area contributed by atoms with Gasteiger partial charge in [0.25, 0.3) is 5.92 Å². The Labute approximate surface area is 76.7 Å². The second kappa shape index (κ2) is 2.66. The van der Waals surface area contributed by atoms with E-state index in [0.29, 0.717) is 0 Å². The van der Waals surface area contributed by atoms with E-state index < -0.39 is 29.2 Å². The maximum Gasteiger partial charge on any atom is 0.263 e. The van der Waals surface area contributed by atoms with Gasteiger partial charge >= 0.3 is 0 Å². The number of carbonyl (C=O) groups excluding carboxylic acids is 1. The van der Waals surface area contributed by atoms with Crippen LogP contribution in [0.15, 0.2) is 0 Å². The van der Waals surface area contributed by atoms with Crippen LogP contribution in [0.25, 0.3) is 0 Å². The lowest BCUT2D eigenvalue weighted by molar-refractivity contribution is -0.125. The molecule has 0 aliphatic heterocycles. The highest BCUT2D eigenvalue weighted by molar-refractivity contribution is 5.84. The van der Waals surface area contributed by atoms with Gasteiger partial charge in [-0.1, -0.05) is 6.92 Å². The Morgan fingerprint density at radius 2 is 1.77 bits per heavy atom. The first-order chi connectivity index (χ1) is 5.66. The van der Waals surface area contributed by atoms with E-state index in [9.17, 15) is 13.6 Å². The average molecular weight is 191 g/mol. The summed E-state index contributed by atoms with van der Waals surface area (Å²) in [6, 6.07) is 0. The number of alkyl halides is 2. The number of hydrogen-bond donors (Lipinski definition) is 1. The molecule has 1 N–H and O–H groups in total. The molecule has 13 heavy (non-hydrogen) atoms. The summed E-state index contributed by atoms with van der Waals surface area (Å²) in [5.41, 5.74) is -0.435. The van der Waals surface area contributed by atoms with Crippen molar-refractivity contribution in [3.63, 3.8) is 0 Å². The van der Waals surface area contributed by atoms with E-state index >= 15 is 0 Å². The van der Waals surface area contributed by atoms with Crippen LogP contribution in [-0.4, -0.2) is 17.4 Å². The van der Waals surface area contributed by atoms with E-state index in [1.165, 1.54) is 6.92 Å². The van der Waals surface area contributed by atoms with Gasteiger partial charge in [0.15, 0.2) is 0 Å². The number of hydrogen-bond acceptors (Lipinski definition) is 1. The molecule has 2 atom stereocenters. The molecule has 1 aliphatic rings. The Bertz CT molecular complexity index is 232. The van der Waals surface area contributed by atoms with Crippen LogP contribution in [0.1, 0.15) is 27.7 Å². The topological polar surface area (TPSA) is 29.1 Å². The highest BCUT2D eigenvalue weighted by Crippen LogP contribution is 2.54. The summed E-state index contributed by atoms with van der Waals surface area (Å²) < 4.78 is 25.5. The molecule has 1 rings (SSSR count). The normalized spacial score (nSPS) is 31.2. The summed E-state index contributed by atoms with van der Waals surface area (Å²) in [5, 5.41) is 2.55. The third kappa shape index (κ3) is 1.98. The fourth-order valence-electron chi connectivity index (χ4n) is 1.33. The molecule has 0 aromatic rings. The van der Waals surface area contributed by atoms with Crippen molar-refractivity contribution >= 4 is 5.91 Å². The van der Waals surface area contributed by atoms with Crippen LogP contribution in [0.3, 0.4) is 0 Å². The minimum absolute atomic E-state index is 0.435. The maximum atomic E-state index is 12.8. The monoisotopic (exact) mass is 191 g/mol. The Morgan fingerprint density at radius 1 is 1.38 bits per heavy atom. The highest BCUT2D eigenvalue weighted by Gasteiger charge is 2.69. The van der Waals surface area contributed by atoms with Crippen molar-refractivity contribution in [1.82, 2.24) is 5.32 Å². The summed E-state index contributed by atoms with van der Waals surface area (Å²) in [4.78, 5) is 11.3. The van der Waals surface area contributed by atoms with E-state index in [-0.39, 0.29) is 0 Å². The average Bonchev–Trinajstić information content (AvgIpc) is 2.27. The fourth-order valence-corrected chi connectivity index (χ4v) is 1.33. The van der Waals surface area contributed by atoms with Gasteiger partial charge in [0.05, 0.1) is 0 Å². The van der Waals surface area contributed by atoms with Crippen LogP contribution in [0, 0.1) is 11.8 Å². The molecule has 4 heteroatoms. The molecular weight excluding hydrogens is 176 g/mol. The molecular formula is C9H15F2NO. The molecule has 1 aliphatic carbocycles. The third-order valence-electron chi connectivity index (χ3n) is 2.19. The number of nitrogens with one attached hydrogen (secondary N) is 1. The summed E-state index contributed by atoms with van der Waals surface area (Å²) in [7, 11) is 0. The summed E-state index contributed by atoms with van der Waals surface area (Å²) in [6.45, 7) is 6.72. The maximum absolute atomic E-state index is 12.8. The van der Waals surface area contributed by atoms with Gasteiger partial charge in [-0.2, -0.15) is 0 Å². The minimum Gasteiger partial charge on any atom is -0.351 e. The molecule has 0 aromatic carbocycles. The van der Waals surface area contributed by atoms with Gasteiger partial charge in [-0.3, -0.25) is 4.79 Å². The molecule has 0 saturated heterocycles. The van der Waals surface area contributed by atoms with Crippen molar-refractivity contribution in [2.45, 2.75) is 39.2 Å². The van der Waals surface area contributed by atoms with Crippen LogP contribution in [0.4, 0.5) is 8.78 Å². The SMILES string of the molecule is CC1C(C(=O)NC(C)(C)C)C1(F)F. The zero-order valence-corrected chi connectivity index (χ0v) is 8.32. The van der Waals surface area contributed by atoms with Gasteiger partial charge < -0.3 is 5.32 Å². The van der Waals surface area contributed by atoms with E-state index in [2.05, 4.69) is 5.32 Å². The summed E-state index contributed by atoms with van der Waals surface area (Å²) in [6.07, 6.45) is 0. The predicted octanol–water partition coefficient (Wildman–Crippen LogP) is 1.80. The van der Waals surface area contributed by atoms with Crippen molar-refractivity contribution < 1.29 is 13.6 Å². The molecule has 0 heterocycles. The Balaban J connectivity index is 2.54. The smallest absolute Gasteiger partial charge is 0.263 e. The van der Waals surface area contributed by atoms with Crippen molar-refractivity contribution in [2.24, 2.45) is 11.8 Å². The molecule has 0 spiro atoms. The van der Waals surface area contributed by atoms with E-state index in [0.717, 1.165) is 0 Å². The standard InChI is InChI=1S/C9H15F2NO/c1-5-6(9(5,10)11)7(13)12-8(2,3)4/h5-6H,1-4H3,(H,12,13). The van der Waals surface area contributed by atoms with E-state index in [1.54, 1.807) is 20.8 Å². The molecule has 1 fully saturated rings. The largest absolute Gasteiger partial charge is 0.351 e. The van der Waals surface area contributed by atoms with Crippen LogP contribution >= 0.6 is 0 Å². The number of halogens is 2. The molecule has 2 unspecified atom stereocenters. The van der Waals surface area contributed by atoms with Crippen LogP contribution in [0.2, 0.25) is 0 Å². The van der Waals surface area contributed by atoms with Crippen LogP contribution in [-0.2, 0) is 4.79 Å². The van der Waals surface area contributed by atoms with Gasteiger partial charge in [-0.15, -0.1) is 0 Å². The lowest BCUT2D eigenvalue weighted by Gasteiger charge is -2.20. The summed E-state index contributed by atoms with van der Waals surface area (Å²) >= 11 is 0. The predicted molar refractivity (Wildman–Crippen MR) is 45.5 cm³/mol. The van der Waals surface area contributed by atoms with Crippen molar-refractivity contribution in [1.29, 1.82) is 0 Å². The molecule has 2 nitrogen and oxygen atoms in total. The first kappa shape index (κ1) is 10.4. The van der Waals surface area contributed by atoms with Gasteiger partial charge in [0.2, 0.25) is 5.91 Å². The number of amides is 1. The van der Waals surface area contributed by atoms with Crippen LogP contribution in [0.5, 0.6) is 0 Å². The van der Waals surface area contributed by atoms with Gasteiger partial charge in [-0.05, 0) is 20.8 Å². The fraction of sp³-hybridized carbons (Fsp3) is 0.889. The zero-order valence-electron chi connectivity index (χ0n) is 8.32. The highest BCUT2D eigenvalue weighted by atomic mass is 19.3. The number of rotatable bonds is 1. The van der Waals surface area contributed by atoms with Gasteiger partial charge in [0.1, 0.15) is 5.92 Å². The number of carbonyl (C=O) groups is 1. The second-order valence-corrected chi connectivity index (χ2v) is 4.68. The first-order valence-corrected chi connectivity index (χ1v) is 4.36. The lowest BCUT2D eigenvalue weighted by Crippen LogP contribution is -2.42. The molecule has 0 radical (unpaired) electrons. The lowest BCUT2D eigenvalue weighted by atomic mass is 10.1. The molecule has 76 valence electrons. The zero-order chi connectivity index (χ0) is 10.4. The second-order valence-electron chi connectivity index (χ2n) is 4.68. The van der Waals surface area contributed by atoms with Crippen molar-refractivity contribution in [2.75, 3.05) is 0 Å². The molecule has 1 saturated carbocycles. The quantitative estimate of drug-likeness (QED) is 0.672.